The molecule has 3 rings (SSSR count). The van der Waals surface area contributed by atoms with Crippen molar-refractivity contribution >= 4 is 11.6 Å². The van der Waals surface area contributed by atoms with Gasteiger partial charge < -0.3 is 19.5 Å². The molecule has 0 aliphatic rings. The molecule has 8 nitrogen and oxygen atoms in total. The Morgan fingerprint density at radius 3 is 2.52 bits per heavy atom. The quantitative estimate of drug-likeness (QED) is 0.690. The molecule has 1 heterocycles. The van der Waals surface area contributed by atoms with Crippen molar-refractivity contribution < 1.29 is 19.0 Å². The molecule has 0 spiro atoms. The van der Waals surface area contributed by atoms with Gasteiger partial charge in [0.2, 0.25) is 5.91 Å². The summed E-state index contributed by atoms with van der Waals surface area (Å²) in [4.78, 5) is 16.2. The predicted octanol–water partition coefficient (Wildman–Crippen LogP) is 2.54. The fourth-order valence-corrected chi connectivity index (χ4v) is 2.53. The summed E-state index contributed by atoms with van der Waals surface area (Å²) >= 11 is 0. The molecule has 27 heavy (non-hydrogen) atoms. The van der Waals surface area contributed by atoms with Crippen molar-refractivity contribution in [3.63, 3.8) is 0 Å². The molecule has 1 N–H and O–H groups in total. The Balaban J connectivity index is 1.98. The summed E-state index contributed by atoms with van der Waals surface area (Å²) in [7, 11) is 4.60. The molecular formula is C19H20N4O4. The third kappa shape index (κ3) is 4.24. The molecule has 8 heteroatoms. The summed E-state index contributed by atoms with van der Waals surface area (Å²) in [5.41, 5.74) is 2.21. The summed E-state index contributed by atoms with van der Waals surface area (Å²) in [5, 5.41) is 7.16. The smallest absolute Gasteiger partial charge is 0.336 e. The number of nitrogens with one attached hydrogen (secondary N) is 1. The number of carbonyl (C=O) groups is 1. The molecule has 0 saturated heterocycles. The largest absolute Gasteiger partial charge is 0.497 e. The SMILES string of the molecule is COCC(=O)Nc1cccc(-n2nc(OC)nc2-c2ccc(OC)cc2)c1. The standard InChI is InChI=1S/C19H20N4O4/c1-25-12-17(24)20-14-5-4-6-15(11-14)23-18(21-19(22-23)27-3)13-7-9-16(26-2)10-8-13/h4-11H,12H2,1-3H3,(H,20,24). The van der Waals surface area contributed by atoms with Crippen LogP contribution in [-0.2, 0) is 9.53 Å². The van der Waals surface area contributed by atoms with Gasteiger partial charge in [-0.3, -0.25) is 4.79 Å². The minimum absolute atomic E-state index is 0.0154. The number of hydrogen-bond acceptors (Lipinski definition) is 6. The Morgan fingerprint density at radius 1 is 1.07 bits per heavy atom. The molecule has 0 radical (unpaired) electrons. The van der Waals surface area contributed by atoms with E-state index in [4.69, 9.17) is 14.2 Å². The van der Waals surface area contributed by atoms with E-state index in [0.717, 1.165) is 17.0 Å². The Labute approximate surface area is 156 Å². The fourth-order valence-electron chi connectivity index (χ4n) is 2.53. The van der Waals surface area contributed by atoms with Gasteiger partial charge in [-0.15, -0.1) is 5.10 Å². The summed E-state index contributed by atoms with van der Waals surface area (Å²) in [6.07, 6.45) is 0. The average Bonchev–Trinajstić information content (AvgIpc) is 3.13. The van der Waals surface area contributed by atoms with Crippen molar-refractivity contribution in [3.8, 4) is 28.8 Å². The van der Waals surface area contributed by atoms with Gasteiger partial charge in [0.15, 0.2) is 5.82 Å². The topological polar surface area (TPSA) is 87.5 Å². The molecule has 0 aliphatic carbocycles. The minimum atomic E-state index is -0.235. The van der Waals surface area contributed by atoms with E-state index in [9.17, 15) is 4.79 Å². The molecular weight excluding hydrogens is 348 g/mol. The van der Waals surface area contributed by atoms with Crippen LogP contribution in [0.3, 0.4) is 0 Å². The maximum Gasteiger partial charge on any atom is 0.336 e. The van der Waals surface area contributed by atoms with Gasteiger partial charge in [-0.25, -0.2) is 4.68 Å². The number of aromatic nitrogens is 3. The number of methoxy groups -OCH3 is 3. The normalized spacial score (nSPS) is 10.5. The van der Waals surface area contributed by atoms with Crippen LogP contribution in [0.1, 0.15) is 0 Å². The van der Waals surface area contributed by atoms with Crippen molar-refractivity contribution in [2.45, 2.75) is 0 Å². The number of carbonyl (C=O) groups excluding carboxylic acids is 1. The molecule has 0 fully saturated rings. The van der Waals surface area contributed by atoms with E-state index >= 15 is 0 Å². The number of benzene rings is 2. The molecule has 0 saturated carbocycles. The summed E-state index contributed by atoms with van der Waals surface area (Å²) in [5.74, 6) is 1.12. The highest BCUT2D eigenvalue weighted by Crippen LogP contribution is 2.26. The number of nitrogens with zero attached hydrogens (tertiary/aromatic N) is 3. The van der Waals surface area contributed by atoms with Gasteiger partial charge in [0, 0.05) is 18.4 Å². The second kappa shape index (κ2) is 8.33. The van der Waals surface area contributed by atoms with Crippen molar-refractivity contribution in [2.24, 2.45) is 0 Å². The van der Waals surface area contributed by atoms with Gasteiger partial charge in [-0.1, -0.05) is 6.07 Å². The Morgan fingerprint density at radius 2 is 1.85 bits per heavy atom. The number of rotatable bonds is 7. The highest BCUT2D eigenvalue weighted by Gasteiger charge is 2.15. The van der Waals surface area contributed by atoms with Crippen LogP contribution in [0, 0.1) is 0 Å². The maximum atomic E-state index is 11.8. The number of amides is 1. The molecule has 0 bridgehead atoms. The maximum absolute atomic E-state index is 11.8. The molecule has 1 amide bonds. The lowest BCUT2D eigenvalue weighted by Crippen LogP contribution is -2.17. The monoisotopic (exact) mass is 368 g/mol. The lowest BCUT2D eigenvalue weighted by atomic mass is 10.2. The fraction of sp³-hybridized carbons (Fsp3) is 0.211. The Bertz CT molecular complexity index is 922. The van der Waals surface area contributed by atoms with E-state index in [0.29, 0.717) is 11.5 Å². The molecule has 2 aromatic carbocycles. The summed E-state index contributed by atoms with van der Waals surface area (Å²) < 4.78 is 16.9. The summed E-state index contributed by atoms with van der Waals surface area (Å²) in [6.45, 7) is -0.0154. The van der Waals surface area contributed by atoms with E-state index in [1.807, 2.05) is 36.4 Å². The van der Waals surface area contributed by atoms with E-state index < -0.39 is 0 Å². The average molecular weight is 368 g/mol. The Kier molecular flexibility index (Phi) is 5.68. The van der Waals surface area contributed by atoms with Crippen molar-refractivity contribution in [3.05, 3.63) is 48.5 Å². The Hall–Kier alpha value is -3.39. The third-order valence-electron chi connectivity index (χ3n) is 3.77. The van der Waals surface area contributed by atoms with Crippen molar-refractivity contribution in [1.82, 2.24) is 14.8 Å². The van der Waals surface area contributed by atoms with Crippen LogP contribution in [0.4, 0.5) is 5.69 Å². The number of anilines is 1. The van der Waals surface area contributed by atoms with Crippen LogP contribution in [0.5, 0.6) is 11.8 Å². The van der Waals surface area contributed by atoms with Crippen molar-refractivity contribution in [1.29, 1.82) is 0 Å². The van der Waals surface area contributed by atoms with E-state index in [-0.39, 0.29) is 18.5 Å². The van der Waals surface area contributed by atoms with Gasteiger partial charge in [0.05, 0.1) is 19.9 Å². The molecule has 3 aromatic rings. The second-order valence-electron chi connectivity index (χ2n) is 5.59. The first kappa shape index (κ1) is 18.4. The lowest BCUT2D eigenvalue weighted by molar-refractivity contribution is -0.119. The second-order valence-corrected chi connectivity index (χ2v) is 5.59. The van der Waals surface area contributed by atoms with Crippen LogP contribution in [0.25, 0.3) is 17.1 Å². The van der Waals surface area contributed by atoms with Crippen LogP contribution in [-0.4, -0.2) is 48.6 Å². The van der Waals surface area contributed by atoms with Gasteiger partial charge in [0.25, 0.3) is 0 Å². The zero-order chi connectivity index (χ0) is 19.2. The van der Waals surface area contributed by atoms with E-state index in [2.05, 4.69) is 15.4 Å². The number of hydrogen-bond donors (Lipinski definition) is 1. The van der Waals surface area contributed by atoms with E-state index in [1.165, 1.54) is 14.2 Å². The van der Waals surface area contributed by atoms with E-state index in [1.54, 1.807) is 23.9 Å². The first-order valence-electron chi connectivity index (χ1n) is 8.19. The zero-order valence-corrected chi connectivity index (χ0v) is 15.3. The van der Waals surface area contributed by atoms with Crippen LogP contribution >= 0.6 is 0 Å². The van der Waals surface area contributed by atoms with Gasteiger partial charge >= 0.3 is 6.01 Å². The third-order valence-corrected chi connectivity index (χ3v) is 3.77. The number of ether oxygens (including phenoxy) is 3. The predicted molar refractivity (Wildman–Crippen MR) is 100 cm³/mol. The minimum Gasteiger partial charge on any atom is -0.497 e. The molecule has 0 aliphatic heterocycles. The summed E-state index contributed by atoms with van der Waals surface area (Å²) in [6, 6.07) is 15.0. The van der Waals surface area contributed by atoms with Crippen LogP contribution in [0.15, 0.2) is 48.5 Å². The van der Waals surface area contributed by atoms with Gasteiger partial charge in [-0.2, -0.15) is 4.98 Å². The molecule has 0 unspecified atom stereocenters. The van der Waals surface area contributed by atoms with Crippen LogP contribution in [0.2, 0.25) is 0 Å². The van der Waals surface area contributed by atoms with Gasteiger partial charge in [0.1, 0.15) is 12.4 Å². The van der Waals surface area contributed by atoms with Crippen LogP contribution < -0.4 is 14.8 Å². The first-order chi connectivity index (χ1) is 13.1. The zero-order valence-electron chi connectivity index (χ0n) is 15.3. The molecule has 140 valence electrons. The first-order valence-corrected chi connectivity index (χ1v) is 8.19. The molecule has 0 atom stereocenters. The highest BCUT2D eigenvalue weighted by atomic mass is 16.5. The molecule has 1 aromatic heterocycles. The van der Waals surface area contributed by atoms with Crippen molar-refractivity contribution in [2.75, 3.05) is 33.3 Å². The lowest BCUT2D eigenvalue weighted by Gasteiger charge is -2.09. The van der Waals surface area contributed by atoms with Gasteiger partial charge in [-0.05, 0) is 42.5 Å². The highest BCUT2D eigenvalue weighted by molar-refractivity contribution is 5.91.